The van der Waals surface area contributed by atoms with E-state index in [-0.39, 0.29) is 11.9 Å². The van der Waals surface area contributed by atoms with Gasteiger partial charge in [0.1, 0.15) is 0 Å². The van der Waals surface area contributed by atoms with Crippen molar-refractivity contribution in [2.45, 2.75) is 12.1 Å². The zero-order chi connectivity index (χ0) is 20.4. The second kappa shape index (κ2) is 8.52. The Balaban J connectivity index is 1.34. The lowest BCUT2D eigenvalue weighted by Gasteiger charge is -2.38. The van der Waals surface area contributed by atoms with E-state index in [4.69, 9.17) is 16.3 Å². The van der Waals surface area contributed by atoms with Crippen LogP contribution in [0.5, 0.6) is 5.75 Å². The predicted octanol–water partition coefficient (Wildman–Crippen LogP) is 1.15. The van der Waals surface area contributed by atoms with Gasteiger partial charge in [0.25, 0.3) is 5.91 Å². The molecule has 2 aliphatic rings. The number of carbonyl (C=O) groups is 1. The van der Waals surface area contributed by atoms with E-state index < -0.39 is 6.10 Å². The number of aliphatic hydroxyl groups is 1. The number of nitrogens with zero attached hydrogens (tertiary/aromatic N) is 5. The Labute approximate surface area is 174 Å². The normalized spacial score (nSPS) is 22.7. The van der Waals surface area contributed by atoms with Crippen LogP contribution in [0.15, 0.2) is 36.7 Å². The standard InChI is InChI=1S/C20H24ClN5O3/c1-29-16-10-22-20(23-11-16)26-12-17(18(27)13-26)24-6-8-25(9-7-24)19(28)14-2-4-15(21)5-3-14/h2-5,10-11,17-18,27H,6-9,12-13H2,1H3. The SMILES string of the molecule is COc1cnc(N2CC(O)C(N3CCN(C(=O)c4ccc(Cl)cc4)CC3)C2)nc1. The van der Waals surface area contributed by atoms with E-state index in [9.17, 15) is 9.90 Å². The van der Waals surface area contributed by atoms with Gasteiger partial charge >= 0.3 is 0 Å². The number of aromatic nitrogens is 2. The van der Waals surface area contributed by atoms with Crippen molar-refractivity contribution in [1.29, 1.82) is 0 Å². The lowest BCUT2D eigenvalue weighted by molar-refractivity contribution is 0.0376. The summed E-state index contributed by atoms with van der Waals surface area (Å²) in [5, 5.41) is 11.2. The number of rotatable bonds is 4. The first-order chi connectivity index (χ1) is 14.0. The Hall–Kier alpha value is -2.42. The lowest BCUT2D eigenvalue weighted by atomic mass is 10.1. The number of hydrogen-bond donors (Lipinski definition) is 1. The van der Waals surface area contributed by atoms with Crippen molar-refractivity contribution in [1.82, 2.24) is 19.8 Å². The van der Waals surface area contributed by atoms with Crippen molar-refractivity contribution in [3.8, 4) is 5.75 Å². The molecule has 2 saturated heterocycles. The molecule has 2 atom stereocenters. The number of amides is 1. The molecule has 0 spiro atoms. The summed E-state index contributed by atoms with van der Waals surface area (Å²) in [4.78, 5) is 27.4. The largest absolute Gasteiger partial charge is 0.494 e. The van der Waals surface area contributed by atoms with E-state index in [1.54, 1.807) is 43.8 Å². The molecule has 2 fully saturated rings. The van der Waals surface area contributed by atoms with E-state index >= 15 is 0 Å². The van der Waals surface area contributed by atoms with Gasteiger partial charge < -0.3 is 19.6 Å². The molecule has 9 heteroatoms. The molecule has 0 radical (unpaired) electrons. The van der Waals surface area contributed by atoms with Gasteiger partial charge in [-0.15, -0.1) is 0 Å². The molecule has 154 valence electrons. The maximum absolute atomic E-state index is 12.7. The van der Waals surface area contributed by atoms with E-state index in [0.29, 0.717) is 48.5 Å². The van der Waals surface area contributed by atoms with Crippen molar-refractivity contribution in [2.75, 3.05) is 51.3 Å². The minimum atomic E-state index is -0.487. The first-order valence-electron chi connectivity index (χ1n) is 9.63. The summed E-state index contributed by atoms with van der Waals surface area (Å²) >= 11 is 5.90. The highest BCUT2D eigenvalue weighted by molar-refractivity contribution is 6.30. The monoisotopic (exact) mass is 417 g/mol. The van der Waals surface area contributed by atoms with Crippen LogP contribution in [-0.2, 0) is 0 Å². The number of halogens is 1. The van der Waals surface area contributed by atoms with Crippen LogP contribution in [0.4, 0.5) is 5.95 Å². The first-order valence-corrected chi connectivity index (χ1v) is 10.0. The molecule has 1 aromatic carbocycles. The molecular weight excluding hydrogens is 394 g/mol. The molecule has 3 heterocycles. The molecule has 1 aromatic heterocycles. The van der Waals surface area contributed by atoms with Crippen LogP contribution in [0.25, 0.3) is 0 Å². The summed E-state index contributed by atoms with van der Waals surface area (Å²) in [6.45, 7) is 3.84. The number of benzene rings is 1. The van der Waals surface area contributed by atoms with E-state index in [0.717, 1.165) is 13.1 Å². The van der Waals surface area contributed by atoms with Crippen molar-refractivity contribution in [3.05, 3.63) is 47.2 Å². The number of anilines is 1. The number of aliphatic hydroxyl groups excluding tert-OH is 1. The van der Waals surface area contributed by atoms with Gasteiger partial charge in [-0.2, -0.15) is 0 Å². The molecule has 2 aliphatic heterocycles. The predicted molar refractivity (Wildman–Crippen MR) is 110 cm³/mol. The highest BCUT2D eigenvalue weighted by Gasteiger charge is 2.38. The maximum Gasteiger partial charge on any atom is 0.253 e. The molecule has 2 unspecified atom stereocenters. The molecule has 0 aliphatic carbocycles. The van der Waals surface area contributed by atoms with Crippen LogP contribution >= 0.6 is 11.6 Å². The second-order valence-electron chi connectivity index (χ2n) is 7.30. The Morgan fingerprint density at radius 3 is 2.38 bits per heavy atom. The molecule has 4 rings (SSSR count). The summed E-state index contributed by atoms with van der Waals surface area (Å²) in [5.41, 5.74) is 0.645. The van der Waals surface area contributed by atoms with E-state index in [1.807, 2.05) is 9.80 Å². The first kappa shape index (κ1) is 19.9. The van der Waals surface area contributed by atoms with Gasteiger partial charge in [0.05, 0.1) is 31.6 Å². The average molecular weight is 418 g/mol. The van der Waals surface area contributed by atoms with Crippen LogP contribution in [0.3, 0.4) is 0 Å². The summed E-state index contributed by atoms with van der Waals surface area (Å²) in [6, 6.07) is 6.97. The molecule has 2 aromatic rings. The highest BCUT2D eigenvalue weighted by Crippen LogP contribution is 2.23. The lowest BCUT2D eigenvalue weighted by Crippen LogP contribution is -2.54. The zero-order valence-electron chi connectivity index (χ0n) is 16.2. The number of methoxy groups -OCH3 is 1. The number of carbonyl (C=O) groups excluding carboxylic acids is 1. The Kier molecular flexibility index (Phi) is 5.84. The summed E-state index contributed by atoms with van der Waals surface area (Å²) in [6.07, 6.45) is 2.77. The fourth-order valence-electron chi connectivity index (χ4n) is 3.90. The number of piperazine rings is 1. The zero-order valence-corrected chi connectivity index (χ0v) is 17.0. The minimum Gasteiger partial charge on any atom is -0.494 e. The third-order valence-corrected chi connectivity index (χ3v) is 5.81. The Bertz CT molecular complexity index is 840. The van der Waals surface area contributed by atoms with Crippen molar-refractivity contribution in [2.24, 2.45) is 0 Å². The maximum atomic E-state index is 12.7. The molecular formula is C20H24ClN5O3. The van der Waals surface area contributed by atoms with Crippen molar-refractivity contribution in [3.63, 3.8) is 0 Å². The second-order valence-corrected chi connectivity index (χ2v) is 7.73. The smallest absolute Gasteiger partial charge is 0.253 e. The minimum absolute atomic E-state index is 0.00603. The van der Waals surface area contributed by atoms with Crippen LogP contribution in [0.1, 0.15) is 10.4 Å². The molecule has 29 heavy (non-hydrogen) atoms. The Morgan fingerprint density at radius 1 is 1.10 bits per heavy atom. The average Bonchev–Trinajstić information content (AvgIpc) is 3.15. The van der Waals surface area contributed by atoms with Gasteiger partial charge in [-0.25, -0.2) is 9.97 Å². The third-order valence-electron chi connectivity index (χ3n) is 5.55. The fourth-order valence-corrected chi connectivity index (χ4v) is 4.03. The number of ether oxygens (including phenoxy) is 1. The van der Waals surface area contributed by atoms with Crippen LogP contribution in [0.2, 0.25) is 5.02 Å². The quantitative estimate of drug-likeness (QED) is 0.798. The topological polar surface area (TPSA) is 82.0 Å². The van der Waals surface area contributed by atoms with Gasteiger partial charge in [0.15, 0.2) is 5.75 Å². The Morgan fingerprint density at radius 2 is 1.76 bits per heavy atom. The molecule has 1 amide bonds. The van der Waals surface area contributed by atoms with Gasteiger partial charge in [-0.05, 0) is 24.3 Å². The summed E-state index contributed by atoms with van der Waals surface area (Å²) in [5.74, 6) is 1.21. The summed E-state index contributed by atoms with van der Waals surface area (Å²) < 4.78 is 5.10. The molecule has 0 bridgehead atoms. The van der Waals surface area contributed by atoms with Gasteiger partial charge in [0, 0.05) is 49.9 Å². The highest BCUT2D eigenvalue weighted by atomic mass is 35.5. The number of hydrogen-bond acceptors (Lipinski definition) is 7. The van der Waals surface area contributed by atoms with Gasteiger partial charge in [-0.3, -0.25) is 9.69 Å². The van der Waals surface area contributed by atoms with Crippen molar-refractivity contribution >= 4 is 23.5 Å². The molecule has 8 nitrogen and oxygen atoms in total. The van der Waals surface area contributed by atoms with Crippen LogP contribution in [0, 0.1) is 0 Å². The van der Waals surface area contributed by atoms with E-state index in [1.165, 1.54) is 0 Å². The third kappa shape index (κ3) is 4.29. The molecule has 0 saturated carbocycles. The summed E-state index contributed by atoms with van der Waals surface area (Å²) in [7, 11) is 1.57. The van der Waals surface area contributed by atoms with Crippen LogP contribution < -0.4 is 9.64 Å². The fraction of sp³-hybridized carbons (Fsp3) is 0.450. The van der Waals surface area contributed by atoms with Gasteiger partial charge in [0.2, 0.25) is 5.95 Å². The van der Waals surface area contributed by atoms with Crippen molar-refractivity contribution < 1.29 is 14.6 Å². The van der Waals surface area contributed by atoms with Gasteiger partial charge in [-0.1, -0.05) is 11.6 Å². The van der Waals surface area contributed by atoms with Crippen LogP contribution in [-0.4, -0.2) is 89.3 Å². The molecule has 1 N–H and O–H groups in total. The van der Waals surface area contributed by atoms with E-state index in [2.05, 4.69) is 14.9 Å². The number of β-amino-alcohol motifs (C(OH)–C–C–N with tert-alkyl or cyclic N) is 1.